The molecule has 2 aliphatic rings. The molecule has 1 aromatic carbocycles. The number of allylic oxidation sites excluding steroid dienone is 1. The van der Waals surface area contributed by atoms with E-state index in [0.29, 0.717) is 36.8 Å². The average molecular weight is 443 g/mol. The van der Waals surface area contributed by atoms with Crippen LogP contribution in [0.2, 0.25) is 5.02 Å². The third-order valence-corrected chi connectivity index (χ3v) is 5.88. The fourth-order valence-electron chi connectivity index (χ4n) is 3.83. The smallest absolute Gasteiger partial charge is 0.223 e. The molecule has 0 spiro atoms. The number of rotatable bonds is 9. The number of halogens is 1. The van der Waals surface area contributed by atoms with Gasteiger partial charge in [-0.25, -0.2) is 0 Å². The largest absolute Gasteiger partial charge is 0.505 e. The summed E-state index contributed by atoms with van der Waals surface area (Å²) in [5, 5.41) is 11.1. The molecule has 0 amide bonds. The van der Waals surface area contributed by atoms with Crippen LogP contribution in [0, 0.1) is 11.8 Å². The molecule has 0 bridgehead atoms. The lowest BCUT2D eigenvalue weighted by molar-refractivity contribution is -0.139. The van der Waals surface area contributed by atoms with Gasteiger partial charge in [0.1, 0.15) is 12.4 Å². The van der Waals surface area contributed by atoms with Crippen molar-refractivity contribution in [3.05, 3.63) is 53.8 Å². The Hall–Kier alpha value is -1.14. The summed E-state index contributed by atoms with van der Waals surface area (Å²) in [4.78, 5) is 0. The maximum atomic E-state index is 10.5. The van der Waals surface area contributed by atoms with Crippen LogP contribution in [-0.4, -0.2) is 50.0 Å². The summed E-state index contributed by atoms with van der Waals surface area (Å²) in [6.45, 7) is 1.17. The van der Waals surface area contributed by atoms with Gasteiger partial charge in [0.15, 0.2) is 0 Å². The molecule has 3 rings (SSSR count). The highest BCUT2D eigenvalue weighted by Crippen LogP contribution is 2.39. The van der Waals surface area contributed by atoms with E-state index in [1.807, 2.05) is 30.4 Å². The first kappa shape index (κ1) is 22.5. The molecule has 0 radical (unpaired) electrons. The quantitative estimate of drug-likeness (QED) is 0.357. The van der Waals surface area contributed by atoms with Crippen LogP contribution in [0.3, 0.4) is 0 Å². The molecule has 1 saturated carbocycles. The fourth-order valence-corrected chi connectivity index (χ4v) is 4.31. The Morgan fingerprint density at radius 1 is 1.34 bits per heavy atom. The Balaban J connectivity index is 1.72. The van der Waals surface area contributed by atoms with Crippen molar-refractivity contribution in [2.75, 3.05) is 26.9 Å². The second kappa shape index (κ2) is 10.8. The van der Waals surface area contributed by atoms with Crippen molar-refractivity contribution in [3.8, 4) is 5.75 Å². The van der Waals surface area contributed by atoms with Crippen LogP contribution in [0.5, 0.6) is 5.75 Å². The van der Waals surface area contributed by atoms with Gasteiger partial charge in [0.25, 0.3) is 0 Å². The topological polar surface area (TPSA) is 66.4 Å². The highest BCUT2D eigenvalue weighted by atomic mass is 35.5. The van der Waals surface area contributed by atoms with E-state index < -0.39 is 11.9 Å². The van der Waals surface area contributed by atoms with Gasteiger partial charge >= 0.3 is 0 Å². The van der Waals surface area contributed by atoms with Crippen LogP contribution in [0.25, 0.3) is 0 Å². The lowest BCUT2D eigenvalue weighted by Gasteiger charge is -2.26. The highest BCUT2D eigenvalue weighted by Gasteiger charge is 2.42. The van der Waals surface area contributed by atoms with E-state index in [0.717, 1.165) is 0 Å². The minimum absolute atomic E-state index is 0.000138. The maximum Gasteiger partial charge on any atom is 0.223 e. The molecule has 3 unspecified atom stereocenters. The number of methoxy groups -OCH3 is 1. The molecule has 2 fully saturated rings. The summed E-state index contributed by atoms with van der Waals surface area (Å²) in [5.41, 5.74) is 0. The molecular formula is C21H28ClO6P. The Kier molecular flexibility index (Phi) is 8.36. The van der Waals surface area contributed by atoms with E-state index in [9.17, 15) is 5.11 Å². The van der Waals surface area contributed by atoms with Crippen molar-refractivity contribution in [3.63, 3.8) is 0 Å². The molecule has 29 heavy (non-hydrogen) atoms. The van der Waals surface area contributed by atoms with Crippen LogP contribution in [0.4, 0.5) is 0 Å². The van der Waals surface area contributed by atoms with Gasteiger partial charge in [0, 0.05) is 26.8 Å². The third kappa shape index (κ3) is 5.94. The molecule has 8 heteroatoms. The van der Waals surface area contributed by atoms with Crippen molar-refractivity contribution in [2.24, 2.45) is 11.8 Å². The molecule has 5 atom stereocenters. The first-order valence-electron chi connectivity index (χ1n) is 9.64. The number of hydrogen-bond donors (Lipinski definition) is 1. The van der Waals surface area contributed by atoms with Crippen molar-refractivity contribution in [1.82, 2.24) is 0 Å². The summed E-state index contributed by atoms with van der Waals surface area (Å²) in [6.07, 6.45) is 8.13. The molecule has 1 saturated heterocycles. The van der Waals surface area contributed by atoms with Gasteiger partial charge in [-0.05, 0) is 42.7 Å². The summed E-state index contributed by atoms with van der Waals surface area (Å²) < 4.78 is 28.1. The second-order valence-electron chi connectivity index (χ2n) is 7.18. The molecule has 160 valence electrons. The molecular weight excluding hydrogens is 415 g/mol. The minimum atomic E-state index is -0.978. The number of aliphatic hydroxyl groups excluding tert-OH is 1. The van der Waals surface area contributed by atoms with E-state index >= 15 is 0 Å². The van der Waals surface area contributed by atoms with Gasteiger partial charge in [-0.15, -0.1) is 0 Å². The van der Waals surface area contributed by atoms with Crippen molar-refractivity contribution in [1.29, 1.82) is 0 Å². The second-order valence-corrected chi connectivity index (χ2v) is 7.88. The average Bonchev–Trinajstić information content (AvgIpc) is 3.30. The predicted molar refractivity (Wildman–Crippen MR) is 114 cm³/mol. The van der Waals surface area contributed by atoms with Crippen LogP contribution in [0.15, 0.2) is 48.8 Å². The van der Waals surface area contributed by atoms with Gasteiger partial charge < -0.3 is 28.6 Å². The lowest BCUT2D eigenvalue weighted by atomic mass is 9.90. The van der Waals surface area contributed by atoms with Crippen molar-refractivity contribution >= 4 is 21.1 Å². The molecule has 1 aromatic rings. The Labute approximate surface area is 179 Å². The summed E-state index contributed by atoms with van der Waals surface area (Å²) in [6, 6.07) is 7.20. The predicted octanol–water partition coefficient (Wildman–Crippen LogP) is 3.74. The van der Waals surface area contributed by atoms with Gasteiger partial charge in [-0.1, -0.05) is 23.7 Å². The molecule has 1 heterocycles. The van der Waals surface area contributed by atoms with Crippen LogP contribution in [-0.2, 0) is 18.7 Å². The molecule has 6 nitrogen and oxygen atoms in total. The number of hydrogen-bond acceptors (Lipinski definition) is 6. The zero-order chi connectivity index (χ0) is 20.7. The lowest BCUT2D eigenvalue weighted by Crippen LogP contribution is -2.35. The number of benzene rings is 1. The first-order chi connectivity index (χ1) is 14.1. The van der Waals surface area contributed by atoms with Crippen molar-refractivity contribution in [2.45, 2.75) is 30.8 Å². The normalized spacial score (nSPS) is 29.1. The first-order valence-corrected chi connectivity index (χ1v) is 10.5. The SMILES string of the molecule is CO/C=C\C[C@H]1C(O)CC(OP)[C@@H]1/C=C/C1(COc2cccc(Cl)c2)OCCO1. The van der Waals surface area contributed by atoms with Gasteiger partial charge in [0.2, 0.25) is 5.79 Å². The van der Waals surface area contributed by atoms with Crippen molar-refractivity contribution < 1.29 is 28.6 Å². The molecule has 1 N–H and O–H groups in total. The van der Waals surface area contributed by atoms with E-state index in [2.05, 4.69) is 9.47 Å². The third-order valence-electron chi connectivity index (χ3n) is 5.29. The standard InChI is InChI=1S/C21H28ClO6P/c1-24-9-3-6-17-18(20(28-29)13-19(17)23)7-8-21(26-10-11-27-21)14-25-16-5-2-4-15(22)12-16/h2-5,7-9,12,17-20,23H,6,10-11,13-14,29H2,1H3/b8-7+,9-3-/t17-,18-,19?,20?/m1/s1. The van der Waals surface area contributed by atoms with Crippen LogP contribution < -0.4 is 4.74 Å². The molecule has 1 aliphatic carbocycles. The Bertz CT molecular complexity index is 706. The highest BCUT2D eigenvalue weighted by molar-refractivity contribution is 7.09. The van der Waals surface area contributed by atoms with Crippen LogP contribution >= 0.6 is 21.1 Å². The fraction of sp³-hybridized carbons (Fsp3) is 0.524. The Morgan fingerprint density at radius 3 is 2.83 bits per heavy atom. The Morgan fingerprint density at radius 2 is 2.14 bits per heavy atom. The van der Waals surface area contributed by atoms with Gasteiger partial charge in [0.05, 0.1) is 38.8 Å². The summed E-state index contributed by atoms with van der Waals surface area (Å²) in [5.74, 6) is -0.321. The molecule has 1 aliphatic heterocycles. The van der Waals surface area contributed by atoms with Gasteiger partial charge in [-0.3, -0.25) is 0 Å². The molecule has 0 aromatic heterocycles. The van der Waals surface area contributed by atoms with E-state index in [-0.39, 0.29) is 24.5 Å². The van der Waals surface area contributed by atoms with Gasteiger partial charge in [-0.2, -0.15) is 0 Å². The zero-order valence-electron chi connectivity index (χ0n) is 16.4. The zero-order valence-corrected chi connectivity index (χ0v) is 18.3. The number of aliphatic hydroxyl groups is 1. The maximum absolute atomic E-state index is 10.5. The van der Waals surface area contributed by atoms with Crippen LogP contribution in [0.1, 0.15) is 12.8 Å². The monoisotopic (exact) mass is 442 g/mol. The van der Waals surface area contributed by atoms with E-state index in [1.165, 1.54) is 0 Å². The summed E-state index contributed by atoms with van der Waals surface area (Å²) in [7, 11) is 3.91. The van der Waals surface area contributed by atoms with E-state index in [4.69, 9.17) is 35.1 Å². The van der Waals surface area contributed by atoms with E-state index in [1.54, 1.807) is 25.5 Å². The summed E-state index contributed by atoms with van der Waals surface area (Å²) >= 11 is 6.03. The minimum Gasteiger partial charge on any atom is -0.505 e. The number of ether oxygens (including phenoxy) is 4.